The number of nitrogens with zero attached hydrogens (tertiary/aromatic N) is 2. The van der Waals surface area contributed by atoms with Gasteiger partial charge in [-0.05, 0) is 60.4 Å². The number of piperidine rings is 1. The Morgan fingerprint density at radius 2 is 2.11 bits per heavy atom. The van der Waals surface area contributed by atoms with Gasteiger partial charge in [-0.15, -0.1) is 0 Å². The van der Waals surface area contributed by atoms with Crippen LogP contribution in [0.2, 0.25) is 0 Å². The summed E-state index contributed by atoms with van der Waals surface area (Å²) in [5.41, 5.74) is 1.01. The lowest BCUT2D eigenvalue weighted by Crippen LogP contribution is -2.58. The quantitative estimate of drug-likeness (QED) is 0.777. The van der Waals surface area contributed by atoms with Crippen molar-refractivity contribution in [3.63, 3.8) is 0 Å². The van der Waals surface area contributed by atoms with E-state index >= 15 is 0 Å². The Kier molecular flexibility index (Phi) is 3.81. The molecule has 2 aliphatic rings. The van der Waals surface area contributed by atoms with Crippen molar-refractivity contribution in [2.45, 2.75) is 38.3 Å². The first-order chi connectivity index (χ1) is 9.15. The first-order valence-corrected chi connectivity index (χ1v) is 7.90. The van der Waals surface area contributed by atoms with E-state index in [0.717, 1.165) is 18.8 Å². The normalized spacial score (nSPS) is 28.3. The first kappa shape index (κ1) is 13.4. The van der Waals surface area contributed by atoms with Crippen LogP contribution < -0.4 is 4.90 Å². The molecule has 4 heteroatoms. The molecule has 1 aromatic carbocycles. The third kappa shape index (κ3) is 2.65. The zero-order chi connectivity index (χ0) is 13.4. The molecule has 0 bridgehead atoms. The smallest absolute Gasteiger partial charge is 0.139 e. The van der Waals surface area contributed by atoms with Gasteiger partial charge in [0, 0.05) is 30.9 Å². The number of halogens is 2. The summed E-state index contributed by atoms with van der Waals surface area (Å²) in [5, 5.41) is 0. The molecule has 0 spiro atoms. The van der Waals surface area contributed by atoms with Crippen molar-refractivity contribution >= 4 is 21.6 Å². The van der Waals surface area contributed by atoms with Gasteiger partial charge in [0.05, 0.1) is 4.47 Å². The Hall–Kier alpha value is -0.610. The van der Waals surface area contributed by atoms with Gasteiger partial charge in [-0.2, -0.15) is 0 Å². The molecule has 0 aromatic heterocycles. The van der Waals surface area contributed by atoms with Crippen molar-refractivity contribution in [1.82, 2.24) is 4.90 Å². The molecule has 0 aliphatic carbocycles. The summed E-state index contributed by atoms with van der Waals surface area (Å²) in [6.07, 6.45) is 3.94. The van der Waals surface area contributed by atoms with Crippen LogP contribution in [0.4, 0.5) is 10.1 Å². The van der Waals surface area contributed by atoms with Crippen LogP contribution in [0.1, 0.15) is 26.2 Å². The Morgan fingerprint density at radius 3 is 2.89 bits per heavy atom. The minimum atomic E-state index is -0.171. The highest BCUT2D eigenvalue weighted by atomic mass is 79.9. The molecule has 0 N–H and O–H groups in total. The van der Waals surface area contributed by atoms with Gasteiger partial charge in [0.2, 0.25) is 0 Å². The van der Waals surface area contributed by atoms with Crippen molar-refractivity contribution < 1.29 is 4.39 Å². The van der Waals surface area contributed by atoms with Crippen LogP contribution in [0.25, 0.3) is 0 Å². The van der Waals surface area contributed by atoms with Crippen LogP contribution in [-0.2, 0) is 0 Å². The van der Waals surface area contributed by atoms with Crippen molar-refractivity contribution in [1.29, 1.82) is 0 Å². The summed E-state index contributed by atoms with van der Waals surface area (Å²) >= 11 is 3.22. The van der Waals surface area contributed by atoms with Gasteiger partial charge < -0.3 is 4.90 Å². The topological polar surface area (TPSA) is 6.48 Å². The van der Waals surface area contributed by atoms with Crippen LogP contribution >= 0.6 is 15.9 Å². The average Bonchev–Trinajstić information content (AvgIpc) is 2.41. The maximum atomic E-state index is 13.7. The van der Waals surface area contributed by atoms with Crippen molar-refractivity contribution in [2.75, 3.05) is 24.5 Å². The van der Waals surface area contributed by atoms with Crippen LogP contribution in [-0.4, -0.2) is 36.6 Å². The molecule has 0 saturated carbocycles. The van der Waals surface area contributed by atoms with Crippen LogP contribution in [0.3, 0.4) is 0 Å². The Morgan fingerprint density at radius 1 is 1.26 bits per heavy atom. The summed E-state index contributed by atoms with van der Waals surface area (Å²) in [6.45, 7) is 5.60. The largest absolute Gasteiger partial charge is 0.366 e. The lowest BCUT2D eigenvalue weighted by atomic mass is 9.96. The predicted octanol–water partition coefficient (Wildman–Crippen LogP) is 3.65. The van der Waals surface area contributed by atoms with Gasteiger partial charge in [0.25, 0.3) is 0 Å². The van der Waals surface area contributed by atoms with Crippen molar-refractivity contribution in [3.8, 4) is 0 Å². The van der Waals surface area contributed by atoms with E-state index in [-0.39, 0.29) is 5.82 Å². The molecular weight excluding hydrogens is 307 g/mol. The minimum absolute atomic E-state index is 0.171. The zero-order valence-electron chi connectivity index (χ0n) is 11.3. The fourth-order valence-corrected chi connectivity index (χ4v) is 3.62. The van der Waals surface area contributed by atoms with E-state index in [0.29, 0.717) is 16.6 Å². The molecule has 3 rings (SSSR count). The maximum absolute atomic E-state index is 13.7. The lowest BCUT2D eigenvalue weighted by molar-refractivity contribution is 0.115. The highest BCUT2D eigenvalue weighted by molar-refractivity contribution is 9.10. The second-order valence-electron chi connectivity index (χ2n) is 5.74. The molecule has 2 unspecified atom stereocenters. The highest BCUT2D eigenvalue weighted by Gasteiger charge is 2.33. The van der Waals surface area contributed by atoms with E-state index in [4.69, 9.17) is 0 Å². The third-order valence-corrected chi connectivity index (χ3v) is 5.07. The lowest BCUT2D eigenvalue weighted by Gasteiger charge is -2.48. The molecule has 0 amide bonds. The summed E-state index contributed by atoms with van der Waals surface area (Å²) < 4.78 is 14.3. The van der Waals surface area contributed by atoms with Gasteiger partial charge in [-0.25, -0.2) is 4.39 Å². The molecule has 2 fully saturated rings. The zero-order valence-corrected chi connectivity index (χ0v) is 12.9. The van der Waals surface area contributed by atoms with Gasteiger partial charge in [-0.1, -0.05) is 6.42 Å². The van der Waals surface area contributed by atoms with E-state index in [2.05, 4.69) is 32.7 Å². The molecule has 2 aliphatic heterocycles. The summed E-state index contributed by atoms with van der Waals surface area (Å²) in [5.74, 6) is -0.171. The number of anilines is 1. The monoisotopic (exact) mass is 326 g/mol. The molecule has 2 nitrogen and oxygen atoms in total. The summed E-state index contributed by atoms with van der Waals surface area (Å²) in [7, 11) is 0. The molecule has 2 heterocycles. The highest BCUT2D eigenvalue weighted by Crippen LogP contribution is 2.29. The molecule has 0 radical (unpaired) electrons. The third-order valence-electron chi connectivity index (χ3n) is 4.42. The Balaban J connectivity index is 1.81. The fraction of sp³-hybridized carbons (Fsp3) is 0.600. The van der Waals surface area contributed by atoms with Gasteiger partial charge >= 0.3 is 0 Å². The maximum Gasteiger partial charge on any atom is 0.139 e. The van der Waals surface area contributed by atoms with Crippen LogP contribution in [0, 0.1) is 5.82 Å². The van der Waals surface area contributed by atoms with E-state index in [1.165, 1.54) is 25.8 Å². The van der Waals surface area contributed by atoms with Gasteiger partial charge in [0.1, 0.15) is 5.82 Å². The van der Waals surface area contributed by atoms with E-state index in [1.54, 1.807) is 6.07 Å². The SMILES string of the molecule is CC1CN2CCCCC2CN1c1ccc(Br)c(F)c1. The Labute approximate surface area is 122 Å². The van der Waals surface area contributed by atoms with E-state index in [9.17, 15) is 4.39 Å². The molecule has 104 valence electrons. The standard InChI is InChI=1S/C15H20BrFN2/c1-11-9-18-7-3-2-4-13(18)10-19(11)12-5-6-14(16)15(17)8-12/h5-6,8,11,13H,2-4,7,9-10H2,1H3. The van der Waals surface area contributed by atoms with Crippen molar-refractivity contribution in [2.24, 2.45) is 0 Å². The number of benzene rings is 1. The summed E-state index contributed by atoms with van der Waals surface area (Å²) in [6, 6.07) is 6.58. The number of hydrogen-bond acceptors (Lipinski definition) is 2. The second-order valence-corrected chi connectivity index (χ2v) is 6.60. The molecule has 2 saturated heterocycles. The van der Waals surface area contributed by atoms with Crippen LogP contribution in [0.15, 0.2) is 22.7 Å². The van der Waals surface area contributed by atoms with E-state index < -0.39 is 0 Å². The van der Waals surface area contributed by atoms with Gasteiger partial charge in [0.15, 0.2) is 0 Å². The van der Waals surface area contributed by atoms with Crippen molar-refractivity contribution in [3.05, 3.63) is 28.5 Å². The van der Waals surface area contributed by atoms with Crippen LogP contribution in [0.5, 0.6) is 0 Å². The molecule has 1 aromatic rings. The Bertz CT molecular complexity index is 465. The molecule has 19 heavy (non-hydrogen) atoms. The first-order valence-electron chi connectivity index (χ1n) is 7.11. The number of hydrogen-bond donors (Lipinski definition) is 0. The second kappa shape index (κ2) is 5.41. The predicted molar refractivity (Wildman–Crippen MR) is 80.1 cm³/mol. The number of fused-ring (bicyclic) bond motifs is 1. The van der Waals surface area contributed by atoms with E-state index in [1.807, 2.05) is 12.1 Å². The summed E-state index contributed by atoms with van der Waals surface area (Å²) in [4.78, 5) is 4.97. The number of piperazine rings is 1. The molecule has 2 atom stereocenters. The fourth-order valence-electron chi connectivity index (χ4n) is 3.38. The van der Waals surface area contributed by atoms with Gasteiger partial charge in [-0.3, -0.25) is 4.90 Å². The number of rotatable bonds is 1. The minimum Gasteiger partial charge on any atom is -0.366 e. The molecular formula is C15H20BrFN2. The average molecular weight is 327 g/mol.